The molecule has 4 atom stereocenters. The molecule has 3 fully saturated rings. The van der Waals surface area contributed by atoms with Crippen LogP contribution in [-0.4, -0.2) is 56.9 Å². The molecule has 1 aromatic rings. The first-order valence-corrected chi connectivity index (χ1v) is 12.9. The Morgan fingerprint density at radius 3 is 2.37 bits per heavy atom. The van der Waals surface area contributed by atoms with Gasteiger partial charge in [0, 0.05) is 30.9 Å². The van der Waals surface area contributed by atoms with Crippen molar-refractivity contribution >= 4 is 23.4 Å². The predicted molar refractivity (Wildman–Crippen MR) is 134 cm³/mol. The summed E-state index contributed by atoms with van der Waals surface area (Å²) in [6, 6.07) is -0.563. The monoisotopic (exact) mass is 481 g/mol. The number of carbonyl (C=O) groups excluding carboxylic acids is 3. The second kappa shape index (κ2) is 9.43. The van der Waals surface area contributed by atoms with Gasteiger partial charge in [-0.05, 0) is 42.4 Å². The van der Waals surface area contributed by atoms with Crippen molar-refractivity contribution in [1.29, 1.82) is 0 Å². The van der Waals surface area contributed by atoms with E-state index in [-0.39, 0.29) is 34.7 Å². The van der Waals surface area contributed by atoms with Gasteiger partial charge in [-0.1, -0.05) is 53.9 Å². The number of hydrogen-bond acceptors (Lipinski definition) is 5. The molecule has 0 unspecified atom stereocenters. The van der Waals surface area contributed by atoms with Crippen molar-refractivity contribution in [1.82, 2.24) is 20.2 Å². The van der Waals surface area contributed by atoms with E-state index in [1.54, 1.807) is 0 Å². The second-order valence-corrected chi connectivity index (χ2v) is 12.2. The Bertz CT molecular complexity index is 1010. The lowest BCUT2D eigenvalue weighted by atomic mass is 9.83. The average molecular weight is 482 g/mol. The third-order valence-electron chi connectivity index (χ3n) is 8.44. The molecule has 0 radical (unpaired) electrons. The van der Waals surface area contributed by atoms with E-state index >= 15 is 0 Å². The van der Waals surface area contributed by atoms with Crippen LogP contribution in [0.15, 0.2) is 23.6 Å². The maximum Gasteiger partial charge on any atom is 0.297 e. The standard InChI is InChI=1S/C27H39N5O3/c1-16-20-18(27(20,5)6)15-32(16)25(35)22(26(2,3)4)31-24(34)21(17-10-8-7-9-11-17)30-23(33)19-14-28-12-13-29-19/h12-14,16-18,20,22H,7-11,15H2,1-6H3,(H,31,34)/t16-,18+,20-,22-/m1/s1. The lowest BCUT2D eigenvalue weighted by molar-refractivity contribution is -0.140. The van der Waals surface area contributed by atoms with E-state index in [1.807, 2.05) is 25.7 Å². The van der Waals surface area contributed by atoms with Gasteiger partial charge in [-0.2, -0.15) is 0 Å². The fourth-order valence-corrected chi connectivity index (χ4v) is 6.26. The molecule has 2 aliphatic carbocycles. The predicted octanol–water partition coefficient (Wildman–Crippen LogP) is 3.67. The molecular formula is C27H39N5O3. The summed E-state index contributed by atoms with van der Waals surface area (Å²) in [5, 5.41) is 3.01. The Balaban J connectivity index is 1.57. The van der Waals surface area contributed by atoms with Crippen LogP contribution < -0.4 is 5.32 Å². The van der Waals surface area contributed by atoms with E-state index in [2.05, 4.69) is 41.0 Å². The first-order chi connectivity index (χ1) is 16.4. The number of amides is 3. The van der Waals surface area contributed by atoms with Crippen molar-refractivity contribution in [2.24, 2.45) is 33.6 Å². The third-order valence-corrected chi connectivity index (χ3v) is 8.44. The summed E-state index contributed by atoms with van der Waals surface area (Å²) < 4.78 is 0. The summed E-state index contributed by atoms with van der Waals surface area (Å²) in [6.45, 7) is 13.3. The molecule has 1 saturated heterocycles. The summed E-state index contributed by atoms with van der Waals surface area (Å²) in [4.78, 5) is 54.4. The quantitative estimate of drug-likeness (QED) is 0.646. The molecule has 8 nitrogen and oxygen atoms in total. The molecule has 3 aliphatic rings. The summed E-state index contributed by atoms with van der Waals surface area (Å²) in [5.74, 6) is -0.153. The van der Waals surface area contributed by atoms with Crippen LogP contribution in [-0.2, 0) is 9.59 Å². The van der Waals surface area contributed by atoms with Gasteiger partial charge in [-0.3, -0.25) is 19.4 Å². The van der Waals surface area contributed by atoms with Gasteiger partial charge in [0.2, 0.25) is 5.91 Å². The molecule has 0 bridgehead atoms. The van der Waals surface area contributed by atoms with E-state index in [0.29, 0.717) is 11.8 Å². The first-order valence-electron chi connectivity index (χ1n) is 12.9. The summed E-state index contributed by atoms with van der Waals surface area (Å²) in [5.41, 5.74) is 0.0881. The number of nitrogens with one attached hydrogen (secondary N) is 1. The number of fused-ring (bicyclic) bond motifs is 1. The van der Waals surface area contributed by atoms with Crippen LogP contribution in [0, 0.1) is 28.6 Å². The van der Waals surface area contributed by atoms with Crippen LogP contribution in [0.1, 0.15) is 84.1 Å². The summed E-state index contributed by atoms with van der Waals surface area (Å²) in [6.07, 6.45) is 8.96. The van der Waals surface area contributed by atoms with Crippen LogP contribution in [0.3, 0.4) is 0 Å². The molecule has 1 N–H and O–H groups in total. The van der Waals surface area contributed by atoms with E-state index in [4.69, 9.17) is 0 Å². The number of piperidine rings is 1. The van der Waals surface area contributed by atoms with Gasteiger partial charge in [-0.15, -0.1) is 0 Å². The van der Waals surface area contributed by atoms with Gasteiger partial charge >= 0.3 is 0 Å². The SMILES string of the molecule is C[C@@H]1[C@@H]2[C@H](CN1C(=O)[C@@H](NC(=O)C(=NC(=O)c1cnccn1)C1CCCCC1)C(C)(C)C)C2(C)C. The Morgan fingerprint density at radius 2 is 1.83 bits per heavy atom. The zero-order chi connectivity index (χ0) is 25.5. The molecule has 1 aliphatic heterocycles. The highest BCUT2D eigenvalue weighted by Gasteiger charge is 2.66. The van der Waals surface area contributed by atoms with Gasteiger partial charge in [0.25, 0.3) is 11.8 Å². The fraction of sp³-hybridized carbons (Fsp3) is 0.704. The number of aromatic nitrogens is 2. The second-order valence-electron chi connectivity index (χ2n) is 12.2. The number of aliphatic imine (C=N–C) groups is 1. The van der Waals surface area contributed by atoms with Crippen LogP contribution in [0.5, 0.6) is 0 Å². The van der Waals surface area contributed by atoms with Gasteiger partial charge in [0.1, 0.15) is 17.4 Å². The number of nitrogens with zero attached hydrogens (tertiary/aromatic N) is 4. The topological polar surface area (TPSA) is 105 Å². The van der Waals surface area contributed by atoms with E-state index in [9.17, 15) is 14.4 Å². The molecule has 190 valence electrons. The Morgan fingerprint density at radius 1 is 1.14 bits per heavy atom. The van der Waals surface area contributed by atoms with Crippen LogP contribution >= 0.6 is 0 Å². The van der Waals surface area contributed by atoms with Crippen LogP contribution in [0.4, 0.5) is 0 Å². The molecule has 3 amide bonds. The molecule has 1 aromatic heterocycles. The highest BCUT2D eigenvalue weighted by molar-refractivity contribution is 6.41. The van der Waals surface area contributed by atoms with Gasteiger partial charge in [0.05, 0.1) is 6.20 Å². The summed E-state index contributed by atoms with van der Waals surface area (Å²) in [7, 11) is 0. The van der Waals surface area contributed by atoms with Crippen molar-refractivity contribution in [3.63, 3.8) is 0 Å². The van der Waals surface area contributed by atoms with E-state index in [0.717, 1.165) is 38.6 Å². The molecule has 2 saturated carbocycles. The fourth-order valence-electron chi connectivity index (χ4n) is 6.26. The number of hydrogen-bond donors (Lipinski definition) is 1. The van der Waals surface area contributed by atoms with Crippen molar-refractivity contribution in [2.45, 2.75) is 85.7 Å². The minimum atomic E-state index is -0.710. The van der Waals surface area contributed by atoms with E-state index < -0.39 is 23.3 Å². The highest BCUT2D eigenvalue weighted by atomic mass is 16.2. The van der Waals surface area contributed by atoms with E-state index in [1.165, 1.54) is 18.6 Å². The van der Waals surface area contributed by atoms with Crippen LogP contribution in [0.2, 0.25) is 0 Å². The van der Waals surface area contributed by atoms with Crippen molar-refractivity contribution in [2.75, 3.05) is 6.54 Å². The Kier molecular flexibility index (Phi) is 6.86. The molecule has 0 aromatic carbocycles. The van der Waals surface area contributed by atoms with Gasteiger partial charge in [-0.25, -0.2) is 9.98 Å². The first kappa shape index (κ1) is 25.5. The number of carbonyl (C=O) groups is 3. The number of likely N-dealkylation sites (tertiary alicyclic amines) is 1. The molecule has 4 rings (SSSR count). The van der Waals surface area contributed by atoms with Crippen LogP contribution in [0.25, 0.3) is 0 Å². The number of rotatable bonds is 5. The third kappa shape index (κ3) is 5.02. The minimum absolute atomic E-state index is 0.0513. The van der Waals surface area contributed by atoms with Crippen molar-refractivity contribution in [3.05, 3.63) is 24.3 Å². The zero-order valence-corrected chi connectivity index (χ0v) is 21.9. The molecule has 35 heavy (non-hydrogen) atoms. The Hall–Kier alpha value is -2.64. The minimum Gasteiger partial charge on any atom is -0.339 e. The molecular weight excluding hydrogens is 442 g/mol. The maximum absolute atomic E-state index is 13.7. The molecule has 0 spiro atoms. The molecule has 2 heterocycles. The van der Waals surface area contributed by atoms with Gasteiger partial charge in [0.15, 0.2) is 0 Å². The lowest BCUT2D eigenvalue weighted by Crippen LogP contribution is -2.58. The maximum atomic E-state index is 13.7. The molecule has 8 heteroatoms. The normalized spacial score (nSPS) is 27.2. The van der Waals surface area contributed by atoms with Crippen molar-refractivity contribution < 1.29 is 14.4 Å². The average Bonchev–Trinajstić information content (AvgIpc) is 3.16. The van der Waals surface area contributed by atoms with Crippen molar-refractivity contribution in [3.8, 4) is 0 Å². The zero-order valence-electron chi connectivity index (χ0n) is 21.9. The smallest absolute Gasteiger partial charge is 0.297 e. The highest BCUT2D eigenvalue weighted by Crippen LogP contribution is 2.64. The lowest BCUT2D eigenvalue weighted by Gasteiger charge is -2.37. The van der Waals surface area contributed by atoms with Gasteiger partial charge < -0.3 is 10.2 Å². The largest absolute Gasteiger partial charge is 0.339 e. The Labute approximate surface area is 208 Å². The summed E-state index contributed by atoms with van der Waals surface area (Å²) >= 11 is 0.